The van der Waals surface area contributed by atoms with Gasteiger partial charge in [-0.1, -0.05) is 6.42 Å². The van der Waals surface area contributed by atoms with Gasteiger partial charge in [-0.2, -0.15) is 0 Å². The fraction of sp³-hybridized carbons (Fsp3) is 0.917. The zero-order chi connectivity index (χ0) is 11.5. The molecule has 0 radical (unpaired) electrons. The first-order valence-corrected chi connectivity index (χ1v) is 6.25. The van der Waals surface area contributed by atoms with Gasteiger partial charge in [0.15, 0.2) is 0 Å². The lowest BCUT2D eigenvalue weighted by atomic mass is 9.98. The van der Waals surface area contributed by atoms with Crippen molar-refractivity contribution in [3.05, 3.63) is 0 Å². The van der Waals surface area contributed by atoms with E-state index in [0.29, 0.717) is 0 Å². The van der Waals surface area contributed by atoms with Gasteiger partial charge in [0.05, 0.1) is 13.2 Å². The molecule has 3 unspecified atom stereocenters. The Morgan fingerprint density at radius 3 is 2.69 bits per heavy atom. The van der Waals surface area contributed by atoms with Gasteiger partial charge in [-0.15, -0.1) is 0 Å². The van der Waals surface area contributed by atoms with Gasteiger partial charge < -0.3 is 9.84 Å². The van der Waals surface area contributed by atoms with Gasteiger partial charge in [-0.05, 0) is 38.6 Å². The van der Waals surface area contributed by atoms with Crippen molar-refractivity contribution >= 4 is 5.97 Å². The molecule has 16 heavy (non-hydrogen) atoms. The molecular weight excluding hydrogens is 206 g/mol. The molecule has 0 aromatic heterocycles. The van der Waals surface area contributed by atoms with E-state index in [1.54, 1.807) is 0 Å². The Morgan fingerprint density at radius 1 is 1.25 bits per heavy atom. The largest absolute Gasteiger partial charge is 0.468 e. The summed E-state index contributed by atoms with van der Waals surface area (Å²) in [6.07, 6.45) is 5.76. The lowest BCUT2D eigenvalue weighted by Crippen LogP contribution is -2.52. The molecule has 2 aliphatic rings. The van der Waals surface area contributed by atoms with Crippen LogP contribution in [0.3, 0.4) is 0 Å². The van der Waals surface area contributed by atoms with Crippen LogP contribution < -0.4 is 0 Å². The molecule has 0 aromatic carbocycles. The standard InChI is InChI=1S/C12H21NO3/c1-16-12(15)10-5-2-3-8-13(10)9-6-4-7-11(9)14/h9-11,14H,2-8H2,1H3. The summed E-state index contributed by atoms with van der Waals surface area (Å²) in [6.45, 7) is 0.918. The van der Waals surface area contributed by atoms with Gasteiger partial charge in [-0.25, -0.2) is 0 Å². The summed E-state index contributed by atoms with van der Waals surface area (Å²) in [4.78, 5) is 13.9. The molecular formula is C12H21NO3. The number of aliphatic hydroxyl groups excluding tert-OH is 1. The highest BCUT2D eigenvalue weighted by Gasteiger charge is 2.39. The van der Waals surface area contributed by atoms with Gasteiger partial charge >= 0.3 is 5.97 Å². The van der Waals surface area contributed by atoms with Crippen LogP contribution in [0.25, 0.3) is 0 Å². The molecule has 1 saturated carbocycles. The number of piperidine rings is 1. The Morgan fingerprint density at radius 2 is 2.06 bits per heavy atom. The first kappa shape index (κ1) is 11.9. The molecule has 1 aliphatic heterocycles. The smallest absolute Gasteiger partial charge is 0.323 e. The van der Waals surface area contributed by atoms with Crippen molar-refractivity contribution in [3.63, 3.8) is 0 Å². The van der Waals surface area contributed by atoms with E-state index in [0.717, 1.165) is 45.1 Å². The second-order valence-electron chi connectivity index (χ2n) is 4.84. The van der Waals surface area contributed by atoms with Crippen LogP contribution in [-0.2, 0) is 9.53 Å². The third-order valence-corrected chi connectivity index (χ3v) is 3.89. The molecule has 0 aromatic rings. The number of likely N-dealkylation sites (tertiary alicyclic amines) is 1. The number of ether oxygens (including phenoxy) is 1. The van der Waals surface area contributed by atoms with E-state index in [4.69, 9.17) is 4.74 Å². The van der Waals surface area contributed by atoms with Crippen molar-refractivity contribution in [1.29, 1.82) is 0 Å². The van der Waals surface area contributed by atoms with E-state index < -0.39 is 0 Å². The molecule has 4 heteroatoms. The Hall–Kier alpha value is -0.610. The lowest BCUT2D eigenvalue weighted by Gasteiger charge is -2.39. The van der Waals surface area contributed by atoms with Crippen molar-refractivity contribution in [1.82, 2.24) is 4.90 Å². The summed E-state index contributed by atoms with van der Waals surface area (Å²) < 4.78 is 4.85. The van der Waals surface area contributed by atoms with Crippen LogP contribution in [0.5, 0.6) is 0 Å². The highest BCUT2D eigenvalue weighted by Crippen LogP contribution is 2.30. The Labute approximate surface area is 96.6 Å². The van der Waals surface area contributed by atoms with Crippen LogP contribution in [0.15, 0.2) is 0 Å². The van der Waals surface area contributed by atoms with Gasteiger partial charge in [-0.3, -0.25) is 9.69 Å². The number of aliphatic hydroxyl groups is 1. The summed E-state index contributed by atoms with van der Waals surface area (Å²) in [5.74, 6) is -0.140. The molecule has 1 aliphatic carbocycles. The SMILES string of the molecule is COC(=O)C1CCCCN1C1CCCC1O. The normalized spacial score (nSPS) is 36.2. The topological polar surface area (TPSA) is 49.8 Å². The Bertz CT molecular complexity index is 257. The summed E-state index contributed by atoms with van der Waals surface area (Å²) >= 11 is 0. The quantitative estimate of drug-likeness (QED) is 0.713. The molecule has 2 fully saturated rings. The summed E-state index contributed by atoms with van der Waals surface area (Å²) in [5.41, 5.74) is 0. The van der Waals surface area contributed by atoms with Crippen LogP contribution in [-0.4, -0.2) is 47.8 Å². The van der Waals surface area contributed by atoms with Crippen LogP contribution in [0.1, 0.15) is 38.5 Å². The number of methoxy groups -OCH3 is 1. The molecule has 2 rings (SSSR count). The molecule has 92 valence electrons. The minimum atomic E-state index is -0.259. The maximum absolute atomic E-state index is 11.7. The van der Waals surface area contributed by atoms with E-state index in [1.165, 1.54) is 7.11 Å². The molecule has 0 spiro atoms. The zero-order valence-electron chi connectivity index (χ0n) is 9.89. The van der Waals surface area contributed by atoms with Gasteiger partial charge in [0.2, 0.25) is 0 Å². The van der Waals surface area contributed by atoms with E-state index in [2.05, 4.69) is 4.90 Å². The van der Waals surface area contributed by atoms with Crippen molar-refractivity contribution < 1.29 is 14.6 Å². The number of rotatable bonds is 2. The Kier molecular flexibility index (Phi) is 3.82. The summed E-state index contributed by atoms with van der Waals surface area (Å²) in [7, 11) is 1.44. The lowest BCUT2D eigenvalue weighted by molar-refractivity contribution is -0.150. The number of carbonyl (C=O) groups is 1. The van der Waals surface area contributed by atoms with Gasteiger partial charge in [0, 0.05) is 6.04 Å². The fourth-order valence-corrected chi connectivity index (χ4v) is 3.05. The minimum absolute atomic E-state index is 0.128. The van der Waals surface area contributed by atoms with Crippen molar-refractivity contribution in [3.8, 4) is 0 Å². The molecule has 1 N–H and O–H groups in total. The third-order valence-electron chi connectivity index (χ3n) is 3.89. The highest BCUT2D eigenvalue weighted by atomic mass is 16.5. The van der Waals surface area contributed by atoms with Crippen LogP contribution in [0.4, 0.5) is 0 Å². The molecule has 3 atom stereocenters. The predicted molar refractivity (Wildman–Crippen MR) is 60.0 cm³/mol. The van der Waals surface area contributed by atoms with Crippen molar-refractivity contribution in [2.24, 2.45) is 0 Å². The van der Waals surface area contributed by atoms with Gasteiger partial charge in [0.25, 0.3) is 0 Å². The average molecular weight is 227 g/mol. The summed E-state index contributed by atoms with van der Waals surface area (Å²) in [5, 5.41) is 9.92. The molecule has 0 amide bonds. The first-order chi connectivity index (χ1) is 7.74. The summed E-state index contributed by atoms with van der Waals surface area (Å²) in [6, 6.07) is 0.0425. The maximum Gasteiger partial charge on any atom is 0.323 e. The molecule has 1 saturated heterocycles. The number of carbonyl (C=O) groups excluding carboxylic acids is 1. The van der Waals surface area contributed by atoms with Crippen LogP contribution >= 0.6 is 0 Å². The van der Waals surface area contributed by atoms with E-state index in [9.17, 15) is 9.90 Å². The maximum atomic E-state index is 11.7. The monoisotopic (exact) mass is 227 g/mol. The van der Waals surface area contributed by atoms with Crippen LogP contribution in [0.2, 0.25) is 0 Å². The molecule has 0 bridgehead atoms. The molecule has 4 nitrogen and oxygen atoms in total. The number of esters is 1. The third kappa shape index (κ3) is 2.23. The second kappa shape index (κ2) is 5.15. The zero-order valence-corrected chi connectivity index (χ0v) is 9.89. The minimum Gasteiger partial charge on any atom is -0.468 e. The average Bonchev–Trinajstić information content (AvgIpc) is 2.74. The molecule has 1 heterocycles. The van der Waals surface area contributed by atoms with Gasteiger partial charge in [0.1, 0.15) is 6.04 Å². The van der Waals surface area contributed by atoms with Crippen molar-refractivity contribution in [2.45, 2.75) is 56.7 Å². The van der Waals surface area contributed by atoms with E-state index >= 15 is 0 Å². The van der Waals surface area contributed by atoms with Crippen LogP contribution in [0, 0.1) is 0 Å². The van der Waals surface area contributed by atoms with Crippen molar-refractivity contribution in [2.75, 3.05) is 13.7 Å². The first-order valence-electron chi connectivity index (χ1n) is 6.25. The second-order valence-corrected chi connectivity index (χ2v) is 4.84. The van der Waals surface area contributed by atoms with E-state index in [-0.39, 0.29) is 24.2 Å². The fourth-order valence-electron chi connectivity index (χ4n) is 3.05. The Balaban J connectivity index is 2.06. The highest BCUT2D eigenvalue weighted by molar-refractivity contribution is 5.75. The number of hydrogen-bond donors (Lipinski definition) is 1. The number of nitrogens with zero attached hydrogens (tertiary/aromatic N) is 1. The number of hydrogen-bond acceptors (Lipinski definition) is 4. The van der Waals surface area contributed by atoms with E-state index in [1.807, 2.05) is 0 Å². The predicted octanol–water partition coefficient (Wildman–Crippen LogP) is 0.927.